The second kappa shape index (κ2) is 7.67. The van der Waals surface area contributed by atoms with Gasteiger partial charge >= 0.3 is 5.97 Å². The Morgan fingerprint density at radius 1 is 1.47 bits per heavy atom. The fourth-order valence-electron chi connectivity index (χ4n) is 2.61. The smallest absolute Gasteiger partial charge is 0.323 e. The number of nitrogens with zero attached hydrogens (tertiary/aromatic N) is 1. The highest BCUT2D eigenvalue weighted by Gasteiger charge is 2.21. The standard InChI is InChI=1S/C13H26N2O2/c1-3-5-11-6-4-8-15(9-7-11)10-12(14)13(16)17-2/h11-12H,3-10,14H2,1-2H3. The monoisotopic (exact) mass is 242 g/mol. The van der Waals surface area contributed by atoms with Crippen LogP contribution in [0.4, 0.5) is 0 Å². The molecule has 0 saturated carbocycles. The zero-order chi connectivity index (χ0) is 12.7. The van der Waals surface area contributed by atoms with Gasteiger partial charge in [-0.1, -0.05) is 19.8 Å². The Morgan fingerprint density at radius 3 is 2.88 bits per heavy atom. The van der Waals surface area contributed by atoms with Crippen LogP contribution in [0, 0.1) is 5.92 Å². The number of hydrogen-bond acceptors (Lipinski definition) is 4. The van der Waals surface area contributed by atoms with Gasteiger partial charge in [-0.15, -0.1) is 0 Å². The topological polar surface area (TPSA) is 55.6 Å². The number of methoxy groups -OCH3 is 1. The number of esters is 1. The largest absolute Gasteiger partial charge is 0.468 e. The summed E-state index contributed by atoms with van der Waals surface area (Å²) >= 11 is 0. The van der Waals surface area contributed by atoms with E-state index in [0.717, 1.165) is 19.0 Å². The summed E-state index contributed by atoms with van der Waals surface area (Å²) in [7, 11) is 1.39. The van der Waals surface area contributed by atoms with Gasteiger partial charge in [0.25, 0.3) is 0 Å². The van der Waals surface area contributed by atoms with Gasteiger partial charge in [0.1, 0.15) is 6.04 Å². The molecule has 0 aliphatic carbocycles. The van der Waals surface area contributed by atoms with E-state index in [-0.39, 0.29) is 5.97 Å². The average Bonchev–Trinajstić information content (AvgIpc) is 2.54. The molecule has 1 rings (SSSR count). The summed E-state index contributed by atoms with van der Waals surface area (Å²) in [6.45, 7) is 5.00. The van der Waals surface area contributed by atoms with Crippen molar-refractivity contribution in [1.82, 2.24) is 4.90 Å². The van der Waals surface area contributed by atoms with E-state index in [4.69, 9.17) is 5.73 Å². The first kappa shape index (κ1) is 14.5. The Balaban J connectivity index is 2.33. The van der Waals surface area contributed by atoms with Gasteiger partial charge in [-0.05, 0) is 38.3 Å². The molecule has 0 bridgehead atoms. The molecule has 0 aromatic rings. The van der Waals surface area contributed by atoms with Gasteiger partial charge < -0.3 is 15.4 Å². The summed E-state index contributed by atoms with van der Waals surface area (Å²) in [6, 6.07) is -0.497. The van der Waals surface area contributed by atoms with Crippen LogP contribution in [-0.2, 0) is 9.53 Å². The Kier molecular flexibility index (Phi) is 6.52. The molecule has 1 aliphatic heterocycles. The summed E-state index contributed by atoms with van der Waals surface area (Å²) < 4.78 is 4.65. The lowest BCUT2D eigenvalue weighted by Gasteiger charge is -2.22. The fourth-order valence-corrected chi connectivity index (χ4v) is 2.61. The van der Waals surface area contributed by atoms with E-state index in [9.17, 15) is 4.79 Å². The van der Waals surface area contributed by atoms with E-state index in [1.54, 1.807) is 0 Å². The third kappa shape index (κ3) is 5.04. The lowest BCUT2D eigenvalue weighted by molar-refractivity contribution is -0.142. The number of carbonyl (C=O) groups is 1. The molecule has 0 aromatic heterocycles. The minimum Gasteiger partial charge on any atom is -0.468 e. The van der Waals surface area contributed by atoms with Crippen LogP contribution in [0.15, 0.2) is 0 Å². The predicted molar refractivity (Wildman–Crippen MR) is 68.7 cm³/mol. The molecule has 0 spiro atoms. The number of likely N-dealkylation sites (tertiary alicyclic amines) is 1. The molecule has 0 aromatic carbocycles. The second-order valence-electron chi connectivity index (χ2n) is 5.02. The quantitative estimate of drug-likeness (QED) is 0.740. The van der Waals surface area contributed by atoms with Crippen molar-refractivity contribution in [2.75, 3.05) is 26.7 Å². The minimum absolute atomic E-state index is 0.306. The van der Waals surface area contributed by atoms with Crippen molar-refractivity contribution in [2.24, 2.45) is 11.7 Å². The van der Waals surface area contributed by atoms with Crippen LogP contribution in [0.25, 0.3) is 0 Å². The van der Waals surface area contributed by atoms with Crippen molar-refractivity contribution in [1.29, 1.82) is 0 Å². The van der Waals surface area contributed by atoms with Gasteiger partial charge in [0.05, 0.1) is 7.11 Å². The number of ether oxygens (including phenoxy) is 1. The van der Waals surface area contributed by atoms with Crippen molar-refractivity contribution in [3.05, 3.63) is 0 Å². The fraction of sp³-hybridized carbons (Fsp3) is 0.923. The van der Waals surface area contributed by atoms with Crippen LogP contribution in [-0.4, -0.2) is 43.7 Å². The van der Waals surface area contributed by atoms with E-state index in [1.165, 1.54) is 39.2 Å². The van der Waals surface area contributed by atoms with Crippen molar-refractivity contribution in [3.8, 4) is 0 Å². The summed E-state index contributed by atoms with van der Waals surface area (Å²) in [4.78, 5) is 13.6. The molecule has 2 N–H and O–H groups in total. The highest BCUT2D eigenvalue weighted by molar-refractivity contribution is 5.75. The normalized spacial score (nSPS) is 24.1. The molecule has 100 valence electrons. The highest BCUT2D eigenvalue weighted by Crippen LogP contribution is 2.21. The van der Waals surface area contributed by atoms with Crippen LogP contribution >= 0.6 is 0 Å². The van der Waals surface area contributed by atoms with Gasteiger partial charge in [0.15, 0.2) is 0 Å². The molecule has 4 heteroatoms. The maximum absolute atomic E-state index is 11.3. The number of nitrogens with two attached hydrogens (primary N) is 1. The van der Waals surface area contributed by atoms with Crippen molar-refractivity contribution >= 4 is 5.97 Å². The second-order valence-corrected chi connectivity index (χ2v) is 5.02. The van der Waals surface area contributed by atoms with Crippen LogP contribution in [0.3, 0.4) is 0 Å². The maximum atomic E-state index is 11.3. The predicted octanol–water partition coefficient (Wildman–Crippen LogP) is 1.39. The first-order valence-electron chi connectivity index (χ1n) is 6.73. The third-order valence-corrected chi connectivity index (χ3v) is 3.60. The highest BCUT2D eigenvalue weighted by atomic mass is 16.5. The van der Waals surface area contributed by atoms with E-state index < -0.39 is 6.04 Å². The summed E-state index contributed by atoms with van der Waals surface area (Å²) in [5, 5.41) is 0. The molecule has 2 unspecified atom stereocenters. The molecule has 1 heterocycles. The van der Waals surface area contributed by atoms with Crippen LogP contribution in [0.5, 0.6) is 0 Å². The van der Waals surface area contributed by atoms with Crippen LogP contribution < -0.4 is 5.73 Å². The van der Waals surface area contributed by atoms with Crippen LogP contribution in [0.2, 0.25) is 0 Å². The first-order chi connectivity index (χ1) is 8.17. The first-order valence-corrected chi connectivity index (χ1v) is 6.73. The van der Waals surface area contributed by atoms with Gasteiger partial charge in [-0.3, -0.25) is 4.79 Å². The molecule has 1 aliphatic rings. The van der Waals surface area contributed by atoms with Gasteiger partial charge in [0, 0.05) is 6.54 Å². The Labute approximate surface area is 104 Å². The van der Waals surface area contributed by atoms with Crippen molar-refractivity contribution in [3.63, 3.8) is 0 Å². The average molecular weight is 242 g/mol. The molecule has 1 fully saturated rings. The Bertz CT molecular complexity index is 233. The lowest BCUT2D eigenvalue weighted by atomic mass is 9.96. The summed E-state index contributed by atoms with van der Waals surface area (Å²) in [6.07, 6.45) is 6.38. The molecule has 1 saturated heterocycles. The number of hydrogen-bond donors (Lipinski definition) is 1. The van der Waals surface area contributed by atoms with Crippen molar-refractivity contribution < 1.29 is 9.53 Å². The summed E-state index contributed by atoms with van der Waals surface area (Å²) in [5.74, 6) is 0.554. The number of rotatable bonds is 5. The van der Waals surface area contributed by atoms with Gasteiger partial charge in [0.2, 0.25) is 0 Å². The zero-order valence-corrected chi connectivity index (χ0v) is 11.2. The number of carbonyl (C=O) groups excluding carboxylic acids is 1. The Hall–Kier alpha value is -0.610. The van der Waals surface area contributed by atoms with Gasteiger partial charge in [-0.25, -0.2) is 0 Å². The molecule has 0 radical (unpaired) electrons. The summed E-state index contributed by atoms with van der Waals surface area (Å²) in [5.41, 5.74) is 5.79. The SMILES string of the molecule is CCCC1CCCN(CC(N)C(=O)OC)CC1. The molecule has 0 amide bonds. The van der Waals surface area contributed by atoms with E-state index in [1.807, 2.05) is 0 Å². The van der Waals surface area contributed by atoms with Crippen LogP contribution in [0.1, 0.15) is 39.0 Å². The molecule has 17 heavy (non-hydrogen) atoms. The van der Waals surface area contributed by atoms with Gasteiger partial charge in [-0.2, -0.15) is 0 Å². The third-order valence-electron chi connectivity index (χ3n) is 3.60. The molecular formula is C13H26N2O2. The zero-order valence-electron chi connectivity index (χ0n) is 11.2. The maximum Gasteiger partial charge on any atom is 0.323 e. The van der Waals surface area contributed by atoms with E-state index in [0.29, 0.717) is 6.54 Å². The molecular weight excluding hydrogens is 216 g/mol. The van der Waals surface area contributed by atoms with E-state index in [2.05, 4.69) is 16.6 Å². The van der Waals surface area contributed by atoms with E-state index >= 15 is 0 Å². The Morgan fingerprint density at radius 2 is 2.24 bits per heavy atom. The minimum atomic E-state index is -0.497. The lowest BCUT2D eigenvalue weighted by Crippen LogP contribution is -2.43. The molecule has 2 atom stereocenters. The molecule has 4 nitrogen and oxygen atoms in total. The van der Waals surface area contributed by atoms with Crippen molar-refractivity contribution in [2.45, 2.75) is 45.1 Å².